The van der Waals surface area contributed by atoms with E-state index in [1.807, 2.05) is 23.1 Å². The molecule has 0 radical (unpaired) electrons. The fourth-order valence-electron chi connectivity index (χ4n) is 2.10. The molecule has 1 saturated heterocycles. The van der Waals surface area contributed by atoms with E-state index >= 15 is 0 Å². The summed E-state index contributed by atoms with van der Waals surface area (Å²) < 4.78 is 0. The van der Waals surface area contributed by atoms with Crippen LogP contribution in [0, 0.1) is 0 Å². The van der Waals surface area contributed by atoms with Crippen LogP contribution in [-0.2, 0) is 11.3 Å². The van der Waals surface area contributed by atoms with Crippen molar-refractivity contribution in [3.63, 3.8) is 0 Å². The van der Waals surface area contributed by atoms with Crippen LogP contribution in [0.1, 0.15) is 24.8 Å². The zero-order chi connectivity index (χ0) is 11.4. The van der Waals surface area contributed by atoms with Crippen molar-refractivity contribution in [1.82, 2.24) is 4.90 Å². The summed E-state index contributed by atoms with van der Waals surface area (Å²) in [6.07, 6.45) is 2.46. The number of nitrogens with zero attached hydrogens (tertiary/aromatic N) is 1. The van der Waals surface area contributed by atoms with Crippen LogP contribution in [-0.4, -0.2) is 23.4 Å². The van der Waals surface area contributed by atoms with E-state index in [1.165, 1.54) is 5.56 Å². The van der Waals surface area contributed by atoms with Crippen LogP contribution in [0.5, 0.6) is 0 Å². The van der Waals surface area contributed by atoms with E-state index in [4.69, 9.17) is 5.73 Å². The fourth-order valence-corrected chi connectivity index (χ4v) is 2.10. The van der Waals surface area contributed by atoms with Crippen molar-refractivity contribution < 1.29 is 4.79 Å². The second-order valence-electron chi connectivity index (χ2n) is 4.41. The summed E-state index contributed by atoms with van der Waals surface area (Å²) in [6.45, 7) is 1.55. The maximum Gasteiger partial charge on any atom is 0.224 e. The lowest BCUT2D eigenvalue weighted by atomic mass is 10.1. The Morgan fingerprint density at radius 3 is 2.81 bits per heavy atom. The van der Waals surface area contributed by atoms with Crippen LogP contribution in [0.25, 0.3) is 0 Å². The van der Waals surface area contributed by atoms with Crippen LogP contribution >= 0.6 is 0 Å². The van der Waals surface area contributed by atoms with Gasteiger partial charge in [-0.15, -0.1) is 0 Å². The van der Waals surface area contributed by atoms with E-state index < -0.39 is 0 Å². The number of carbonyl (C=O) groups excluding carboxylic acids is 1. The van der Waals surface area contributed by atoms with Gasteiger partial charge in [-0.05, 0) is 18.4 Å². The molecule has 3 nitrogen and oxygen atoms in total. The highest BCUT2D eigenvalue weighted by molar-refractivity contribution is 5.77. The smallest absolute Gasteiger partial charge is 0.224 e. The first-order chi connectivity index (χ1) is 7.75. The third-order valence-electron chi connectivity index (χ3n) is 3.01. The van der Waals surface area contributed by atoms with Gasteiger partial charge in [0, 0.05) is 25.6 Å². The van der Waals surface area contributed by atoms with Gasteiger partial charge in [-0.3, -0.25) is 4.79 Å². The van der Waals surface area contributed by atoms with Crippen molar-refractivity contribution >= 4 is 5.91 Å². The first-order valence-electron chi connectivity index (χ1n) is 5.83. The molecule has 1 atom stereocenters. The van der Waals surface area contributed by atoms with Gasteiger partial charge in [-0.2, -0.15) is 0 Å². The Balaban J connectivity index is 2.01. The second kappa shape index (κ2) is 5.12. The maximum absolute atomic E-state index is 11.9. The third kappa shape index (κ3) is 2.83. The standard InChI is InChI=1S/C13H18N2O/c14-12-7-4-8-15(13(16)9-12)10-11-5-2-1-3-6-11/h1-3,5-6,12H,4,7-10,14H2. The summed E-state index contributed by atoms with van der Waals surface area (Å²) in [6, 6.07) is 10.2. The zero-order valence-corrected chi connectivity index (χ0v) is 9.43. The molecule has 3 heteroatoms. The minimum atomic E-state index is 0.0493. The molecule has 0 bridgehead atoms. The van der Waals surface area contributed by atoms with Crippen LogP contribution in [0.15, 0.2) is 30.3 Å². The van der Waals surface area contributed by atoms with Gasteiger partial charge >= 0.3 is 0 Å². The predicted molar refractivity (Wildman–Crippen MR) is 63.7 cm³/mol. The monoisotopic (exact) mass is 218 g/mol. The summed E-state index contributed by atoms with van der Waals surface area (Å²) in [5.74, 6) is 0.189. The lowest BCUT2D eigenvalue weighted by Crippen LogP contribution is -2.32. The molecule has 1 aliphatic heterocycles. The topological polar surface area (TPSA) is 46.3 Å². The summed E-state index contributed by atoms with van der Waals surface area (Å²) in [4.78, 5) is 13.8. The molecule has 1 aromatic carbocycles. The molecule has 1 aromatic rings. The average molecular weight is 218 g/mol. The summed E-state index contributed by atoms with van der Waals surface area (Å²) >= 11 is 0. The molecule has 2 N–H and O–H groups in total. The molecule has 16 heavy (non-hydrogen) atoms. The van der Waals surface area contributed by atoms with Gasteiger partial charge in [0.15, 0.2) is 0 Å². The molecule has 86 valence electrons. The van der Waals surface area contributed by atoms with Gasteiger partial charge in [-0.25, -0.2) is 0 Å². The fraction of sp³-hybridized carbons (Fsp3) is 0.462. The Hall–Kier alpha value is -1.35. The molecular formula is C13H18N2O. The number of benzene rings is 1. The van der Waals surface area contributed by atoms with Crippen LogP contribution < -0.4 is 5.73 Å². The normalized spacial score (nSPS) is 21.9. The summed E-state index contributed by atoms with van der Waals surface area (Å²) in [5, 5.41) is 0. The highest BCUT2D eigenvalue weighted by Gasteiger charge is 2.20. The maximum atomic E-state index is 11.9. The third-order valence-corrected chi connectivity index (χ3v) is 3.01. The van der Waals surface area contributed by atoms with E-state index in [2.05, 4.69) is 12.1 Å². The van der Waals surface area contributed by atoms with Gasteiger partial charge < -0.3 is 10.6 Å². The highest BCUT2D eigenvalue weighted by Crippen LogP contribution is 2.13. The largest absolute Gasteiger partial charge is 0.338 e. The molecular weight excluding hydrogens is 200 g/mol. The van der Waals surface area contributed by atoms with Crippen LogP contribution in [0.3, 0.4) is 0 Å². The minimum absolute atomic E-state index is 0.0493. The van der Waals surface area contributed by atoms with Gasteiger partial charge in [0.25, 0.3) is 0 Å². The van der Waals surface area contributed by atoms with Crippen LogP contribution in [0.2, 0.25) is 0 Å². The number of hydrogen-bond donors (Lipinski definition) is 1. The molecule has 0 aliphatic carbocycles. The molecule has 1 heterocycles. The van der Waals surface area contributed by atoms with Crippen molar-refractivity contribution in [2.45, 2.75) is 31.8 Å². The zero-order valence-electron chi connectivity index (χ0n) is 9.43. The van der Waals surface area contributed by atoms with Crippen molar-refractivity contribution in [3.05, 3.63) is 35.9 Å². The lowest BCUT2D eigenvalue weighted by Gasteiger charge is -2.20. The molecule has 1 amide bonds. The summed E-state index contributed by atoms with van der Waals surface area (Å²) in [5.41, 5.74) is 7.02. The number of hydrogen-bond acceptors (Lipinski definition) is 2. The van der Waals surface area contributed by atoms with Gasteiger partial charge in [-0.1, -0.05) is 30.3 Å². The Labute approximate surface area is 96.2 Å². The van der Waals surface area contributed by atoms with Gasteiger partial charge in [0.1, 0.15) is 0 Å². The Morgan fingerprint density at radius 2 is 2.06 bits per heavy atom. The van der Waals surface area contributed by atoms with Crippen LogP contribution in [0.4, 0.5) is 0 Å². The van der Waals surface area contributed by atoms with Crippen molar-refractivity contribution in [2.24, 2.45) is 5.73 Å². The SMILES string of the molecule is NC1CCCN(Cc2ccccc2)C(=O)C1. The van der Waals surface area contributed by atoms with Gasteiger partial charge in [0.2, 0.25) is 5.91 Å². The molecule has 1 unspecified atom stereocenters. The number of rotatable bonds is 2. The van der Waals surface area contributed by atoms with E-state index in [-0.39, 0.29) is 11.9 Å². The minimum Gasteiger partial charge on any atom is -0.338 e. The first kappa shape index (κ1) is 11.1. The quantitative estimate of drug-likeness (QED) is 0.818. The van der Waals surface area contributed by atoms with E-state index in [0.29, 0.717) is 13.0 Å². The molecule has 2 rings (SSSR count). The number of amides is 1. The van der Waals surface area contributed by atoms with E-state index in [1.54, 1.807) is 0 Å². The first-order valence-corrected chi connectivity index (χ1v) is 5.83. The van der Waals surface area contributed by atoms with Crippen molar-refractivity contribution in [1.29, 1.82) is 0 Å². The number of carbonyl (C=O) groups is 1. The predicted octanol–water partition coefficient (Wildman–Crippen LogP) is 1.53. The van der Waals surface area contributed by atoms with Crippen molar-refractivity contribution in [2.75, 3.05) is 6.54 Å². The molecule has 0 aromatic heterocycles. The van der Waals surface area contributed by atoms with Crippen molar-refractivity contribution in [3.8, 4) is 0 Å². The van der Waals surface area contributed by atoms with E-state index in [9.17, 15) is 4.79 Å². The molecule has 0 spiro atoms. The van der Waals surface area contributed by atoms with Gasteiger partial charge in [0.05, 0.1) is 0 Å². The Bertz CT molecular complexity index is 350. The summed E-state index contributed by atoms with van der Waals surface area (Å²) in [7, 11) is 0. The molecule has 0 saturated carbocycles. The highest BCUT2D eigenvalue weighted by atomic mass is 16.2. The Kier molecular flexibility index (Phi) is 3.57. The number of likely N-dealkylation sites (tertiary alicyclic amines) is 1. The Morgan fingerprint density at radius 1 is 1.31 bits per heavy atom. The number of nitrogens with two attached hydrogens (primary N) is 1. The van der Waals surface area contributed by atoms with E-state index in [0.717, 1.165) is 19.4 Å². The average Bonchev–Trinajstić information content (AvgIpc) is 2.43. The second-order valence-corrected chi connectivity index (χ2v) is 4.41. The lowest BCUT2D eigenvalue weighted by molar-refractivity contribution is -0.131. The molecule has 1 fully saturated rings. The molecule has 1 aliphatic rings.